The minimum atomic E-state index is -4.94. The lowest BCUT2D eigenvalue weighted by Gasteiger charge is -2.11. The average Bonchev–Trinajstić information content (AvgIpc) is 2.83. The van der Waals surface area contributed by atoms with Gasteiger partial charge in [0.05, 0.1) is 6.61 Å². The van der Waals surface area contributed by atoms with Crippen molar-refractivity contribution in [2.24, 2.45) is 10.9 Å². The highest BCUT2D eigenvalue weighted by molar-refractivity contribution is 5.82. The molecule has 1 atom stereocenters. The van der Waals surface area contributed by atoms with Gasteiger partial charge in [0.15, 0.2) is 0 Å². The maximum atomic E-state index is 12.2. The first kappa shape index (κ1) is 13.8. The number of ether oxygens (including phenoxy) is 1. The molecule has 1 aliphatic rings. The maximum absolute atomic E-state index is 12.2. The molecule has 0 aromatic carbocycles. The Kier molecular flexibility index (Phi) is 4.04. The molecule has 0 radical (unpaired) electrons. The quantitative estimate of drug-likeness (QED) is 0.820. The smallest absolute Gasteiger partial charge is 0.381 e. The van der Waals surface area contributed by atoms with E-state index in [1.54, 1.807) is 22.9 Å². The number of halogens is 3. The molecular weight excluding hydrogens is 261 g/mol. The molecule has 104 valence electrons. The van der Waals surface area contributed by atoms with Crippen LogP contribution >= 0.6 is 0 Å². The zero-order valence-electron chi connectivity index (χ0n) is 10.1. The van der Waals surface area contributed by atoms with Crippen LogP contribution in [0.15, 0.2) is 29.4 Å². The Hall–Kier alpha value is -1.63. The predicted molar refractivity (Wildman–Crippen MR) is 60.0 cm³/mol. The van der Waals surface area contributed by atoms with Crippen molar-refractivity contribution in [1.82, 2.24) is 4.57 Å². The van der Waals surface area contributed by atoms with Crippen LogP contribution in [0.25, 0.3) is 0 Å². The molecule has 1 saturated heterocycles. The second-order valence-corrected chi connectivity index (χ2v) is 4.36. The minimum absolute atomic E-state index is 0.0109. The normalized spacial score (nSPS) is 20.8. The van der Waals surface area contributed by atoms with Crippen LogP contribution < -0.4 is 5.49 Å². The van der Waals surface area contributed by atoms with Gasteiger partial charge in [0.1, 0.15) is 5.49 Å². The number of aromatic nitrogens is 1. The summed E-state index contributed by atoms with van der Waals surface area (Å²) in [6, 6.07) is 4.62. The van der Waals surface area contributed by atoms with Crippen LogP contribution in [0.1, 0.15) is 6.42 Å². The molecule has 0 saturated carbocycles. The van der Waals surface area contributed by atoms with Crippen molar-refractivity contribution in [3.8, 4) is 0 Å². The summed E-state index contributed by atoms with van der Waals surface area (Å²) in [4.78, 5) is 14.0. The van der Waals surface area contributed by atoms with E-state index in [1.807, 2.05) is 0 Å². The van der Waals surface area contributed by atoms with Crippen molar-refractivity contribution in [1.29, 1.82) is 0 Å². The van der Waals surface area contributed by atoms with Crippen LogP contribution in [-0.4, -0.2) is 29.9 Å². The lowest BCUT2D eigenvalue weighted by atomic mass is 10.1. The van der Waals surface area contributed by atoms with Crippen molar-refractivity contribution in [2.75, 3.05) is 13.2 Å². The van der Waals surface area contributed by atoms with Gasteiger partial charge in [0.2, 0.25) is 0 Å². The van der Waals surface area contributed by atoms with Gasteiger partial charge in [-0.25, -0.2) is 0 Å². The van der Waals surface area contributed by atoms with Gasteiger partial charge in [0.25, 0.3) is 0 Å². The first-order valence-corrected chi connectivity index (χ1v) is 5.86. The summed E-state index contributed by atoms with van der Waals surface area (Å²) in [5, 5.41) is 0. The lowest BCUT2D eigenvalue weighted by Crippen LogP contribution is -2.29. The number of carbonyl (C=O) groups is 1. The number of pyridine rings is 1. The molecule has 4 nitrogen and oxygen atoms in total. The van der Waals surface area contributed by atoms with Crippen LogP contribution in [0.2, 0.25) is 0 Å². The summed E-state index contributed by atoms with van der Waals surface area (Å²) in [5.41, 5.74) is 0.0109. The number of carbonyl (C=O) groups excluding carboxylic acids is 1. The van der Waals surface area contributed by atoms with E-state index in [9.17, 15) is 18.0 Å². The summed E-state index contributed by atoms with van der Waals surface area (Å²) in [5.74, 6) is -1.85. The number of alkyl halides is 3. The number of hydrogen-bond acceptors (Lipinski definition) is 2. The Morgan fingerprint density at radius 1 is 1.47 bits per heavy atom. The van der Waals surface area contributed by atoms with E-state index in [2.05, 4.69) is 4.99 Å². The fourth-order valence-corrected chi connectivity index (χ4v) is 1.90. The largest absolute Gasteiger partial charge is 0.473 e. The van der Waals surface area contributed by atoms with Gasteiger partial charge in [-0.2, -0.15) is 18.2 Å². The fourth-order valence-electron chi connectivity index (χ4n) is 1.90. The second-order valence-electron chi connectivity index (χ2n) is 4.36. The monoisotopic (exact) mass is 274 g/mol. The van der Waals surface area contributed by atoms with Gasteiger partial charge in [-0.1, -0.05) is 6.07 Å². The Morgan fingerprint density at radius 3 is 2.89 bits per heavy atom. The summed E-state index contributed by atoms with van der Waals surface area (Å²) in [6.45, 7) is 1.73. The highest BCUT2D eigenvalue weighted by atomic mass is 19.4. The van der Waals surface area contributed by atoms with E-state index in [0.29, 0.717) is 19.8 Å². The van der Waals surface area contributed by atoms with Crippen LogP contribution in [-0.2, 0) is 16.1 Å². The molecule has 1 aliphatic heterocycles. The Morgan fingerprint density at radius 2 is 2.26 bits per heavy atom. The molecular formula is C12H13F3N2O2. The molecule has 1 unspecified atom stereocenters. The molecule has 0 aliphatic carbocycles. The average molecular weight is 274 g/mol. The molecule has 0 N–H and O–H groups in total. The van der Waals surface area contributed by atoms with Gasteiger partial charge < -0.3 is 9.30 Å². The third kappa shape index (κ3) is 3.66. The summed E-state index contributed by atoms with van der Waals surface area (Å²) in [6.07, 6.45) is -2.47. The topological polar surface area (TPSA) is 43.6 Å². The van der Waals surface area contributed by atoms with Crippen molar-refractivity contribution < 1.29 is 22.7 Å². The van der Waals surface area contributed by atoms with E-state index >= 15 is 0 Å². The molecule has 1 amide bonds. The number of rotatable bonds is 2. The molecule has 0 bridgehead atoms. The second kappa shape index (κ2) is 5.56. The Bertz CT molecular complexity index is 516. The summed E-state index contributed by atoms with van der Waals surface area (Å²) < 4.78 is 43.4. The molecule has 1 fully saturated rings. The van der Waals surface area contributed by atoms with Gasteiger partial charge in [0, 0.05) is 25.3 Å². The van der Waals surface area contributed by atoms with Crippen molar-refractivity contribution in [3.63, 3.8) is 0 Å². The van der Waals surface area contributed by atoms with Crippen LogP contribution in [0.4, 0.5) is 13.2 Å². The standard InChI is InChI=1S/C12H13F3N2O2/c13-12(14,15)11(18)16-10-3-1-2-5-17(10)7-9-4-6-19-8-9/h1-3,5,9H,4,6-8H2/b16-10+. The van der Waals surface area contributed by atoms with E-state index in [-0.39, 0.29) is 11.4 Å². The van der Waals surface area contributed by atoms with Gasteiger partial charge in [-0.05, 0) is 18.6 Å². The van der Waals surface area contributed by atoms with Crippen LogP contribution in [0.5, 0.6) is 0 Å². The predicted octanol–water partition coefficient (Wildman–Crippen LogP) is 1.51. The number of hydrogen-bond donors (Lipinski definition) is 0. The Balaban J connectivity index is 2.25. The van der Waals surface area contributed by atoms with Crippen molar-refractivity contribution in [3.05, 3.63) is 29.9 Å². The minimum Gasteiger partial charge on any atom is -0.381 e. The first-order chi connectivity index (χ1) is 8.97. The molecule has 1 aromatic heterocycles. The van der Waals surface area contributed by atoms with Crippen molar-refractivity contribution >= 4 is 5.91 Å². The molecule has 2 rings (SSSR count). The van der Waals surface area contributed by atoms with Crippen molar-refractivity contribution in [2.45, 2.75) is 19.1 Å². The summed E-state index contributed by atoms with van der Waals surface area (Å²) >= 11 is 0. The molecule has 1 aromatic rings. The SMILES string of the molecule is O=C(/N=c1\ccccn1CC1CCOC1)C(F)(F)F. The number of nitrogens with zero attached hydrogens (tertiary/aromatic N) is 2. The van der Waals surface area contributed by atoms with E-state index in [1.165, 1.54) is 6.07 Å². The van der Waals surface area contributed by atoms with E-state index < -0.39 is 12.1 Å². The van der Waals surface area contributed by atoms with E-state index in [0.717, 1.165) is 6.42 Å². The fraction of sp³-hybridized carbons (Fsp3) is 0.500. The van der Waals surface area contributed by atoms with E-state index in [4.69, 9.17) is 4.74 Å². The molecule has 0 spiro atoms. The van der Waals surface area contributed by atoms with Gasteiger partial charge in [-0.3, -0.25) is 4.79 Å². The van der Waals surface area contributed by atoms with Crippen LogP contribution in [0, 0.1) is 5.92 Å². The molecule has 2 heterocycles. The first-order valence-electron chi connectivity index (χ1n) is 5.86. The summed E-state index contributed by atoms with van der Waals surface area (Å²) in [7, 11) is 0. The Labute approximate surface area is 107 Å². The van der Waals surface area contributed by atoms with Crippen LogP contribution in [0.3, 0.4) is 0 Å². The van der Waals surface area contributed by atoms with Gasteiger partial charge >= 0.3 is 12.1 Å². The third-order valence-corrected chi connectivity index (χ3v) is 2.85. The highest BCUT2D eigenvalue weighted by Gasteiger charge is 2.38. The third-order valence-electron chi connectivity index (χ3n) is 2.85. The molecule has 19 heavy (non-hydrogen) atoms. The zero-order valence-corrected chi connectivity index (χ0v) is 10.1. The number of amides is 1. The maximum Gasteiger partial charge on any atom is 0.473 e. The lowest BCUT2D eigenvalue weighted by molar-refractivity contribution is -0.169. The zero-order chi connectivity index (χ0) is 13.9. The highest BCUT2D eigenvalue weighted by Crippen LogP contribution is 2.16. The molecule has 7 heteroatoms. The van der Waals surface area contributed by atoms with Gasteiger partial charge in [-0.15, -0.1) is 0 Å².